The lowest BCUT2D eigenvalue weighted by molar-refractivity contribution is -0.134. The van der Waals surface area contributed by atoms with Crippen LogP contribution in [0.1, 0.15) is 48.0 Å². The minimum atomic E-state index is -0.251. The van der Waals surface area contributed by atoms with E-state index in [0.29, 0.717) is 25.3 Å². The predicted octanol–water partition coefficient (Wildman–Crippen LogP) is 2.68. The lowest BCUT2D eigenvalue weighted by Gasteiger charge is -2.34. The molecule has 0 N–H and O–H groups in total. The Bertz CT molecular complexity index is 840. The first-order chi connectivity index (χ1) is 14.7. The molecule has 4 rings (SSSR count). The molecule has 2 aliphatic rings. The maximum absolute atomic E-state index is 13.1. The molecule has 0 radical (unpaired) electrons. The van der Waals surface area contributed by atoms with Crippen molar-refractivity contribution in [2.24, 2.45) is 0 Å². The smallest absolute Gasteiger partial charge is 0.255 e. The first-order valence-electron chi connectivity index (χ1n) is 10.7. The van der Waals surface area contributed by atoms with Crippen molar-refractivity contribution >= 4 is 11.8 Å². The lowest BCUT2D eigenvalue weighted by Crippen LogP contribution is -2.46. The highest BCUT2D eigenvalue weighted by molar-refractivity contribution is 5.96. The molecule has 7 heteroatoms. The van der Waals surface area contributed by atoms with E-state index in [-0.39, 0.29) is 30.5 Å². The summed E-state index contributed by atoms with van der Waals surface area (Å²) in [5.41, 5.74) is 1.46. The second kappa shape index (κ2) is 9.80. The summed E-state index contributed by atoms with van der Waals surface area (Å²) in [4.78, 5) is 37.9. The fourth-order valence-corrected chi connectivity index (χ4v) is 4.32. The molecular weight excluding hydrogens is 380 g/mol. The van der Waals surface area contributed by atoms with Crippen LogP contribution in [0.5, 0.6) is 0 Å². The number of pyridine rings is 2. The Kier molecular flexibility index (Phi) is 6.69. The van der Waals surface area contributed by atoms with Crippen molar-refractivity contribution in [1.29, 1.82) is 0 Å². The summed E-state index contributed by atoms with van der Waals surface area (Å²) in [6.45, 7) is 1.38. The first-order valence-corrected chi connectivity index (χ1v) is 10.7. The molecule has 1 saturated heterocycles. The van der Waals surface area contributed by atoms with Gasteiger partial charge in [-0.2, -0.15) is 0 Å². The van der Waals surface area contributed by atoms with E-state index in [1.165, 1.54) is 6.42 Å². The van der Waals surface area contributed by atoms with Crippen LogP contribution >= 0.6 is 0 Å². The number of ether oxygens (including phenoxy) is 1. The minimum absolute atomic E-state index is 0.00613. The van der Waals surface area contributed by atoms with Crippen molar-refractivity contribution < 1.29 is 14.3 Å². The topological polar surface area (TPSA) is 75.6 Å². The SMILES string of the molecule is O=C(c1cccnc1)N1CC(=O)N(C2CCCCC2)CC(OCc2cccnc2)C1. The minimum Gasteiger partial charge on any atom is -0.370 e. The van der Waals surface area contributed by atoms with Gasteiger partial charge in [-0.25, -0.2) is 0 Å². The van der Waals surface area contributed by atoms with Crippen molar-refractivity contribution in [1.82, 2.24) is 19.8 Å². The van der Waals surface area contributed by atoms with Crippen LogP contribution in [0.2, 0.25) is 0 Å². The maximum Gasteiger partial charge on any atom is 0.255 e. The zero-order valence-electron chi connectivity index (χ0n) is 17.2. The van der Waals surface area contributed by atoms with Gasteiger partial charge in [0.05, 0.1) is 18.3 Å². The second-order valence-corrected chi connectivity index (χ2v) is 8.06. The first kappa shape index (κ1) is 20.5. The summed E-state index contributed by atoms with van der Waals surface area (Å²) in [6.07, 6.45) is 12.0. The van der Waals surface area contributed by atoms with Crippen molar-refractivity contribution in [3.05, 3.63) is 60.2 Å². The summed E-state index contributed by atoms with van der Waals surface area (Å²) in [5.74, 6) is -0.177. The molecule has 7 nitrogen and oxygen atoms in total. The molecule has 2 amide bonds. The van der Waals surface area contributed by atoms with E-state index >= 15 is 0 Å². The summed E-state index contributed by atoms with van der Waals surface area (Å²) in [7, 11) is 0. The van der Waals surface area contributed by atoms with Gasteiger partial charge in [0, 0.05) is 43.9 Å². The number of aromatic nitrogens is 2. The number of amides is 2. The van der Waals surface area contributed by atoms with Crippen LogP contribution in [0.3, 0.4) is 0 Å². The zero-order valence-corrected chi connectivity index (χ0v) is 17.2. The van der Waals surface area contributed by atoms with Crippen molar-refractivity contribution in [3.63, 3.8) is 0 Å². The van der Waals surface area contributed by atoms with Crippen molar-refractivity contribution in [2.45, 2.75) is 50.9 Å². The maximum atomic E-state index is 13.1. The number of nitrogens with zero attached hydrogens (tertiary/aromatic N) is 4. The quantitative estimate of drug-likeness (QED) is 0.760. The fraction of sp³-hybridized carbons (Fsp3) is 0.478. The average Bonchev–Trinajstić information content (AvgIpc) is 2.98. The predicted molar refractivity (Wildman–Crippen MR) is 112 cm³/mol. The molecule has 1 aliphatic heterocycles. The number of hydrogen-bond acceptors (Lipinski definition) is 5. The zero-order chi connectivity index (χ0) is 20.8. The van der Waals surface area contributed by atoms with Crippen LogP contribution in [-0.2, 0) is 16.1 Å². The molecule has 1 aliphatic carbocycles. The van der Waals surface area contributed by atoms with Crippen LogP contribution in [-0.4, -0.2) is 63.4 Å². The molecule has 0 aromatic carbocycles. The van der Waals surface area contributed by atoms with E-state index in [1.807, 2.05) is 17.0 Å². The Morgan fingerprint density at radius 1 is 1.03 bits per heavy atom. The Hall–Kier alpha value is -2.80. The third-order valence-corrected chi connectivity index (χ3v) is 5.89. The number of hydrogen-bond donors (Lipinski definition) is 0. The molecule has 158 valence electrons. The molecule has 1 atom stereocenters. The van der Waals surface area contributed by atoms with Gasteiger partial charge in [0.15, 0.2) is 0 Å². The highest BCUT2D eigenvalue weighted by Crippen LogP contribution is 2.25. The van der Waals surface area contributed by atoms with Crippen LogP contribution in [0.25, 0.3) is 0 Å². The van der Waals surface area contributed by atoms with Gasteiger partial charge in [-0.05, 0) is 36.6 Å². The summed E-state index contributed by atoms with van der Waals surface area (Å²) in [6, 6.07) is 7.55. The second-order valence-electron chi connectivity index (χ2n) is 8.06. The molecule has 0 bridgehead atoms. The highest BCUT2D eigenvalue weighted by Gasteiger charge is 2.35. The Balaban J connectivity index is 1.52. The molecule has 3 heterocycles. The lowest BCUT2D eigenvalue weighted by atomic mass is 9.94. The van der Waals surface area contributed by atoms with E-state index in [1.54, 1.807) is 41.8 Å². The Morgan fingerprint density at radius 2 is 1.80 bits per heavy atom. The van der Waals surface area contributed by atoms with E-state index in [2.05, 4.69) is 9.97 Å². The largest absolute Gasteiger partial charge is 0.370 e. The Morgan fingerprint density at radius 3 is 2.50 bits per heavy atom. The van der Waals surface area contributed by atoms with Crippen LogP contribution < -0.4 is 0 Å². The van der Waals surface area contributed by atoms with Gasteiger partial charge in [-0.15, -0.1) is 0 Å². The normalized spacial score (nSPS) is 20.8. The fourth-order valence-electron chi connectivity index (χ4n) is 4.32. The van der Waals surface area contributed by atoms with Gasteiger partial charge >= 0.3 is 0 Å². The molecule has 1 saturated carbocycles. The Labute approximate surface area is 177 Å². The number of carbonyl (C=O) groups excluding carboxylic acids is 2. The summed E-state index contributed by atoms with van der Waals surface area (Å²) in [5, 5.41) is 0. The van der Waals surface area contributed by atoms with E-state index in [4.69, 9.17) is 4.74 Å². The van der Waals surface area contributed by atoms with E-state index in [0.717, 1.165) is 31.2 Å². The van der Waals surface area contributed by atoms with Gasteiger partial charge in [0.25, 0.3) is 5.91 Å². The summed E-state index contributed by atoms with van der Waals surface area (Å²) < 4.78 is 6.19. The molecule has 2 aromatic heterocycles. The summed E-state index contributed by atoms with van der Waals surface area (Å²) >= 11 is 0. The molecule has 0 spiro atoms. The number of carbonyl (C=O) groups is 2. The van der Waals surface area contributed by atoms with Crippen LogP contribution in [0.15, 0.2) is 49.1 Å². The van der Waals surface area contributed by atoms with Gasteiger partial charge in [0.1, 0.15) is 6.54 Å². The third-order valence-electron chi connectivity index (χ3n) is 5.89. The van der Waals surface area contributed by atoms with E-state index < -0.39 is 0 Å². The van der Waals surface area contributed by atoms with Gasteiger partial charge < -0.3 is 14.5 Å². The molecule has 2 fully saturated rings. The standard InChI is InChI=1S/C23H28N4O3/c28-22-16-26(23(29)19-7-5-11-25-13-19)14-21(30-17-18-6-4-10-24-12-18)15-27(22)20-8-2-1-3-9-20/h4-7,10-13,20-21H,1-3,8-9,14-17H2. The van der Waals surface area contributed by atoms with Gasteiger partial charge in [-0.1, -0.05) is 25.3 Å². The molecular formula is C23H28N4O3. The van der Waals surface area contributed by atoms with E-state index in [9.17, 15) is 9.59 Å². The van der Waals surface area contributed by atoms with Crippen molar-refractivity contribution in [3.8, 4) is 0 Å². The number of rotatable bonds is 5. The molecule has 30 heavy (non-hydrogen) atoms. The highest BCUT2D eigenvalue weighted by atomic mass is 16.5. The molecule has 1 unspecified atom stereocenters. The van der Waals surface area contributed by atoms with Crippen LogP contribution in [0, 0.1) is 0 Å². The van der Waals surface area contributed by atoms with Crippen LogP contribution in [0.4, 0.5) is 0 Å². The molecule has 2 aromatic rings. The average molecular weight is 409 g/mol. The van der Waals surface area contributed by atoms with Gasteiger partial charge in [0.2, 0.25) is 5.91 Å². The monoisotopic (exact) mass is 408 g/mol. The van der Waals surface area contributed by atoms with Gasteiger partial charge in [-0.3, -0.25) is 19.6 Å². The van der Waals surface area contributed by atoms with Crippen molar-refractivity contribution in [2.75, 3.05) is 19.6 Å². The third kappa shape index (κ3) is 5.02.